The second kappa shape index (κ2) is 7.74. The molecule has 0 amide bonds. The minimum absolute atomic E-state index is 0.990. The fraction of sp³-hybridized carbons (Fsp3) is 0. The van der Waals surface area contributed by atoms with E-state index in [1.54, 1.807) is 0 Å². The van der Waals surface area contributed by atoms with Crippen molar-refractivity contribution in [3.63, 3.8) is 0 Å². The number of benzene rings is 5. The van der Waals surface area contributed by atoms with Crippen LogP contribution >= 0.6 is 12.6 Å². The Labute approximate surface area is 193 Å². The van der Waals surface area contributed by atoms with Gasteiger partial charge in [0.25, 0.3) is 0 Å². The van der Waals surface area contributed by atoms with Gasteiger partial charge in [-0.1, -0.05) is 84.9 Å². The van der Waals surface area contributed by atoms with Crippen molar-refractivity contribution in [1.82, 2.24) is 4.57 Å². The van der Waals surface area contributed by atoms with Crippen LogP contribution in [0.25, 0.3) is 49.7 Å². The van der Waals surface area contributed by atoms with Crippen LogP contribution < -0.4 is 0 Å². The Kier molecular flexibility index (Phi) is 4.59. The van der Waals surface area contributed by atoms with E-state index < -0.39 is 0 Å². The Morgan fingerprint density at radius 1 is 0.469 bits per heavy atom. The number of hydrogen-bond donors (Lipinski definition) is 1. The van der Waals surface area contributed by atoms with E-state index >= 15 is 0 Å². The van der Waals surface area contributed by atoms with Crippen molar-refractivity contribution in [2.75, 3.05) is 0 Å². The van der Waals surface area contributed by atoms with Gasteiger partial charge in [-0.25, -0.2) is 0 Å². The molecule has 0 fully saturated rings. The summed E-state index contributed by atoms with van der Waals surface area (Å²) in [5.74, 6) is 0. The molecule has 0 aliphatic carbocycles. The van der Waals surface area contributed by atoms with Gasteiger partial charge in [0.2, 0.25) is 0 Å². The van der Waals surface area contributed by atoms with Crippen LogP contribution in [0.2, 0.25) is 0 Å². The van der Waals surface area contributed by atoms with Crippen LogP contribution in [0, 0.1) is 0 Å². The van der Waals surface area contributed by atoms with Crippen molar-refractivity contribution < 1.29 is 0 Å². The highest BCUT2D eigenvalue weighted by Crippen LogP contribution is 2.36. The first-order valence-electron chi connectivity index (χ1n) is 10.8. The minimum atomic E-state index is 0.990. The molecule has 0 aliphatic heterocycles. The van der Waals surface area contributed by atoms with Crippen LogP contribution in [0.1, 0.15) is 0 Å². The van der Waals surface area contributed by atoms with Gasteiger partial charge in [0.15, 0.2) is 0 Å². The van der Waals surface area contributed by atoms with Crippen molar-refractivity contribution in [3.8, 4) is 27.9 Å². The third-order valence-electron chi connectivity index (χ3n) is 6.10. The molecule has 2 heteroatoms. The quantitative estimate of drug-likeness (QED) is 0.271. The molecule has 1 aromatic heterocycles. The van der Waals surface area contributed by atoms with Crippen molar-refractivity contribution in [1.29, 1.82) is 0 Å². The summed E-state index contributed by atoms with van der Waals surface area (Å²) in [5, 5.41) is 2.54. The summed E-state index contributed by atoms with van der Waals surface area (Å²) in [6.07, 6.45) is 0. The molecule has 1 nitrogen and oxygen atoms in total. The molecule has 0 atom stereocenters. The maximum atomic E-state index is 4.66. The largest absolute Gasteiger partial charge is 0.309 e. The lowest BCUT2D eigenvalue weighted by atomic mass is 9.98. The maximum absolute atomic E-state index is 4.66. The zero-order valence-electron chi connectivity index (χ0n) is 17.4. The van der Waals surface area contributed by atoms with E-state index in [2.05, 4.69) is 126 Å². The maximum Gasteiger partial charge on any atom is 0.0547 e. The van der Waals surface area contributed by atoms with Gasteiger partial charge in [0, 0.05) is 21.4 Å². The summed E-state index contributed by atoms with van der Waals surface area (Å²) in [7, 11) is 0. The fourth-order valence-electron chi connectivity index (χ4n) is 4.59. The number of nitrogens with zero attached hydrogens (tertiary/aromatic N) is 1. The second-order valence-electron chi connectivity index (χ2n) is 8.02. The molecule has 152 valence electrons. The zero-order chi connectivity index (χ0) is 21.5. The molecule has 0 unspecified atom stereocenters. The number of thiol groups is 1. The molecule has 0 radical (unpaired) electrons. The Hall–Kier alpha value is -3.75. The molecule has 0 spiro atoms. The number of aromatic nitrogens is 1. The molecule has 0 saturated heterocycles. The molecule has 0 saturated carbocycles. The normalized spacial score (nSPS) is 11.3. The first-order chi connectivity index (χ1) is 15.8. The van der Waals surface area contributed by atoms with Gasteiger partial charge >= 0.3 is 0 Å². The predicted molar refractivity (Wildman–Crippen MR) is 139 cm³/mol. The Morgan fingerprint density at radius 2 is 1.16 bits per heavy atom. The summed E-state index contributed by atoms with van der Waals surface area (Å²) in [6, 6.07) is 43.0. The van der Waals surface area contributed by atoms with E-state index in [0.717, 1.165) is 10.5 Å². The molecule has 1 heterocycles. The summed E-state index contributed by atoms with van der Waals surface area (Å²) in [4.78, 5) is 0.990. The molecule has 0 aliphatic rings. The van der Waals surface area contributed by atoms with Crippen LogP contribution in [-0.2, 0) is 0 Å². The van der Waals surface area contributed by atoms with Crippen LogP contribution in [0.4, 0.5) is 0 Å². The topological polar surface area (TPSA) is 4.93 Å². The molecule has 0 N–H and O–H groups in total. The van der Waals surface area contributed by atoms with E-state index in [1.165, 1.54) is 44.2 Å². The van der Waals surface area contributed by atoms with Crippen molar-refractivity contribution in [2.24, 2.45) is 0 Å². The van der Waals surface area contributed by atoms with Crippen LogP contribution in [0.5, 0.6) is 0 Å². The highest BCUT2D eigenvalue weighted by molar-refractivity contribution is 7.80. The van der Waals surface area contributed by atoms with Crippen LogP contribution in [0.3, 0.4) is 0 Å². The summed E-state index contributed by atoms with van der Waals surface area (Å²) < 4.78 is 2.36. The average Bonchev–Trinajstić information content (AvgIpc) is 3.19. The Morgan fingerprint density at radius 3 is 2.03 bits per heavy atom. The lowest BCUT2D eigenvalue weighted by Crippen LogP contribution is -1.93. The van der Waals surface area contributed by atoms with Gasteiger partial charge < -0.3 is 4.57 Å². The van der Waals surface area contributed by atoms with Gasteiger partial charge in [-0.15, -0.1) is 12.6 Å². The summed E-state index contributed by atoms with van der Waals surface area (Å²) in [6.45, 7) is 0. The third-order valence-corrected chi connectivity index (χ3v) is 6.49. The number of hydrogen-bond acceptors (Lipinski definition) is 1. The Bertz CT molecular complexity index is 1580. The van der Waals surface area contributed by atoms with Gasteiger partial charge in [0.05, 0.1) is 11.0 Å². The van der Waals surface area contributed by atoms with E-state index in [9.17, 15) is 0 Å². The third kappa shape index (κ3) is 3.12. The molecule has 32 heavy (non-hydrogen) atoms. The monoisotopic (exact) mass is 427 g/mol. The first-order valence-corrected chi connectivity index (χ1v) is 11.2. The van der Waals surface area contributed by atoms with Crippen LogP contribution in [-0.4, -0.2) is 4.57 Å². The number of rotatable bonds is 3. The van der Waals surface area contributed by atoms with E-state index in [-0.39, 0.29) is 0 Å². The summed E-state index contributed by atoms with van der Waals surface area (Å²) >= 11 is 4.66. The van der Waals surface area contributed by atoms with Gasteiger partial charge in [-0.05, 0) is 58.7 Å². The SMILES string of the molecule is Sc1ccccc1-c1cccc(-c2ccc3c4ccccc4n(-c4ccccc4)c3c2)c1. The predicted octanol–water partition coefficient (Wildman–Crippen LogP) is 8.41. The van der Waals surface area contributed by atoms with Gasteiger partial charge in [-0.2, -0.15) is 0 Å². The molecule has 6 rings (SSSR count). The lowest BCUT2D eigenvalue weighted by molar-refractivity contribution is 1.18. The van der Waals surface area contributed by atoms with E-state index in [4.69, 9.17) is 0 Å². The molecule has 6 aromatic rings. The fourth-order valence-corrected chi connectivity index (χ4v) is 4.88. The molecule has 0 bridgehead atoms. The highest BCUT2D eigenvalue weighted by Gasteiger charge is 2.13. The molecule has 5 aromatic carbocycles. The van der Waals surface area contributed by atoms with E-state index in [1.807, 2.05) is 12.1 Å². The summed E-state index contributed by atoms with van der Waals surface area (Å²) in [5.41, 5.74) is 8.35. The average molecular weight is 428 g/mol. The number of para-hydroxylation sites is 2. The van der Waals surface area contributed by atoms with Crippen LogP contribution in [0.15, 0.2) is 126 Å². The zero-order valence-corrected chi connectivity index (χ0v) is 18.3. The molecular weight excluding hydrogens is 406 g/mol. The van der Waals surface area contributed by atoms with Crippen molar-refractivity contribution in [2.45, 2.75) is 4.90 Å². The highest BCUT2D eigenvalue weighted by atomic mass is 32.1. The van der Waals surface area contributed by atoms with Gasteiger partial charge in [-0.3, -0.25) is 0 Å². The second-order valence-corrected chi connectivity index (χ2v) is 8.50. The standard InChI is InChI=1S/C30H21NS/c32-30-16-7-5-13-25(30)23-10-8-9-21(19-23)22-17-18-27-26-14-4-6-15-28(26)31(29(27)20-22)24-11-2-1-3-12-24/h1-20,32H. The molecular formula is C30H21NS. The smallest absolute Gasteiger partial charge is 0.0547 e. The van der Waals surface area contributed by atoms with E-state index in [0.29, 0.717) is 0 Å². The lowest BCUT2D eigenvalue weighted by Gasteiger charge is -2.10. The van der Waals surface area contributed by atoms with Crippen molar-refractivity contribution in [3.05, 3.63) is 121 Å². The van der Waals surface area contributed by atoms with Gasteiger partial charge in [0.1, 0.15) is 0 Å². The number of fused-ring (bicyclic) bond motifs is 3. The first kappa shape index (κ1) is 19.0. The minimum Gasteiger partial charge on any atom is -0.309 e. The van der Waals surface area contributed by atoms with Crippen molar-refractivity contribution >= 4 is 34.4 Å². The Balaban J connectivity index is 1.58.